The number of furan rings is 1. The van der Waals surface area contributed by atoms with Crippen molar-refractivity contribution in [3.05, 3.63) is 52.7 Å². The van der Waals surface area contributed by atoms with Crippen molar-refractivity contribution in [3.63, 3.8) is 0 Å². The highest BCUT2D eigenvalue weighted by Gasteiger charge is 2.25. The molecule has 1 aliphatic rings. The molecule has 0 radical (unpaired) electrons. The average molecular weight is 406 g/mol. The number of guanidine groups is 1. The first-order valence-electron chi connectivity index (χ1n) is 9.59. The Bertz CT molecular complexity index is 756. The van der Waals surface area contributed by atoms with Gasteiger partial charge in [0.1, 0.15) is 16.7 Å². The monoisotopic (exact) mass is 405 g/mol. The molecule has 1 aliphatic heterocycles. The van der Waals surface area contributed by atoms with Crippen LogP contribution in [0, 0.1) is 6.92 Å². The summed E-state index contributed by atoms with van der Waals surface area (Å²) in [6.45, 7) is 6.71. The predicted molar refractivity (Wildman–Crippen MR) is 111 cm³/mol. The summed E-state index contributed by atoms with van der Waals surface area (Å²) < 4.78 is 11.4. The Labute approximate surface area is 171 Å². The minimum absolute atomic E-state index is 0.136. The van der Waals surface area contributed by atoms with Crippen LogP contribution in [0.2, 0.25) is 5.15 Å². The zero-order chi connectivity index (χ0) is 19.8. The van der Waals surface area contributed by atoms with Gasteiger partial charge in [-0.1, -0.05) is 17.7 Å². The van der Waals surface area contributed by atoms with Crippen molar-refractivity contribution >= 4 is 17.6 Å². The van der Waals surface area contributed by atoms with Gasteiger partial charge in [-0.05, 0) is 37.1 Å². The number of hydrogen-bond donors (Lipinski definition) is 2. The fraction of sp³-hybridized carbons (Fsp3) is 0.500. The Balaban J connectivity index is 1.53. The first-order valence-corrected chi connectivity index (χ1v) is 9.96. The Morgan fingerprint density at radius 3 is 2.71 bits per heavy atom. The number of pyridine rings is 1. The largest absolute Gasteiger partial charge is 0.465 e. The number of aryl methyl sites for hydroxylation is 1. The molecule has 152 valence electrons. The fourth-order valence-corrected chi connectivity index (χ4v) is 3.34. The van der Waals surface area contributed by atoms with Crippen LogP contribution in [0.4, 0.5) is 0 Å². The first kappa shape index (κ1) is 20.6. The normalized spacial score (nSPS) is 16.8. The maximum atomic E-state index is 5.91. The molecule has 2 N–H and O–H groups in total. The van der Waals surface area contributed by atoms with E-state index in [1.165, 1.54) is 0 Å². The molecular formula is C20H28ClN5O2. The van der Waals surface area contributed by atoms with Crippen LogP contribution in [0.5, 0.6) is 0 Å². The maximum absolute atomic E-state index is 5.91. The number of nitrogens with one attached hydrogen (secondary N) is 2. The maximum Gasteiger partial charge on any atom is 0.191 e. The van der Waals surface area contributed by atoms with Gasteiger partial charge in [0.15, 0.2) is 5.96 Å². The summed E-state index contributed by atoms with van der Waals surface area (Å²) >= 11 is 5.83. The number of morpholine rings is 1. The number of halogens is 1. The number of aliphatic imine (C=N–C) groups is 1. The average Bonchev–Trinajstić information content (AvgIpc) is 3.15. The molecule has 2 aromatic heterocycles. The molecule has 0 bridgehead atoms. The van der Waals surface area contributed by atoms with Crippen molar-refractivity contribution in [1.29, 1.82) is 0 Å². The second kappa shape index (κ2) is 10.5. The number of hydrogen-bond acceptors (Lipinski definition) is 5. The van der Waals surface area contributed by atoms with Crippen LogP contribution in [-0.4, -0.2) is 62.3 Å². The highest BCUT2D eigenvalue weighted by atomic mass is 35.5. The van der Waals surface area contributed by atoms with Crippen LogP contribution in [0.3, 0.4) is 0 Å². The molecule has 0 spiro atoms. The smallest absolute Gasteiger partial charge is 0.191 e. The zero-order valence-corrected chi connectivity index (χ0v) is 17.2. The molecule has 3 rings (SSSR count). The van der Waals surface area contributed by atoms with Crippen LogP contribution < -0.4 is 10.6 Å². The second-order valence-electron chi connectivity index (χ2n) is 6.73. The lowest BCUT2D eigenvalue weighted by Crippen LogP contribution is -2.46. The van der Waals surface area contributed by atoms with Gasteiger partial charge in [-0.3, -0.25) is 9.89 Å². The van der Waals surface area contributed by atoms with Gasteiger partial charge in [-0.2, -0.15) is 0 Å². The molecule has 7 nitrogen and oxygen atoms in total. The first-order chi connectivity index (χ1) is 13.7. The molecule has 8 heteroatoms. The van der Waals surface area contributed by atoms with Crippen LogP contribution in [0.15, 0.2) is 39.9 Å². The predicted octanol–water partition coefficient (Wildman–Crippen LogP) is 2.42. The molecule has 1 fully saturated rings. The molecule has 1 saturated heterocycles. The van der Waals surface area contributed by atoms with E-state index in [1.807, 2.05) is 25.1 Å². The van der Waals surface area contributed by atoms with E-state index in [-0.39, 0.29) is 6.04 Å². The fourth-order valence-electron chi connectivity index (χ4n) is 3.22. The van der Waals surface area contributed by atoms with Gasteiger partial charge in [-0.25, -0.2) is 4.98 Å². The van der Waals surface area contributed by atoms with Gasteiger partial charge < -0.3 is 19.8 Å². The number of nitrogens with zero attached hydrogens (tertiary/aromatic N) is 3. The van der Waals surface area contributed by atoms with Crippen molar-refractivity contribution in [2.45, 2.75) is 19.4 Å². The van der Waals surface area contributed by atoms with Crippen molar-refractivity contribution in [2.24, 2.45) is 4.99 Å². The lowest BCUT2D eigenvalue weighted by atomic mass is 10.1. The molecule has 0 saturated carbocycles. The summed E-state index contributed by atoms with van der Waals surface area (Å²) in [6.07, 6.45) is 2.64. The van der Waals surface area contributed by atoms with E-state index < -0.39 is 0 Å². The third-order valence-corrected chi connectivity index (χ3v) is 4.98. The Kier molecular flexibility index (Phi) is 7.71. The lowest BCUT2D eigenvalue weighted by molar-refractivity contribution is 0.0124. The molecule has 28 heavy (non-hydrogen) atoms. The van der Waals surface area contributed by atoms with E-state index in [1.54, 1.807) is 13.2 Å². The van der Waals surface area contributed by atoms with Gasteiger partial charge in [-0.15, -0.1) is 0 Å². The molecular weight excluding hydrogens is 378 g/mol. The third-order valence-electron chi connectivity index (χ3n) is 4.76. The van der Waals surface area contributed by atoms with Gasteiger partial charge in [0.05, 0.1) is 19.3 Å². The Morgan fingerprint density at radius 2 is 2.07 bits per heavy atom. The quantitative estimate of drug-likeness (QED) is 0.418. The SMILES string of the molecule is CN=C(NCCc1ccc(Cl)nc1)NCC(c1ccc(C)o1)N1CCOCC1. The van der Waals surface area contributed by atoms with E-state index in [0.29, 0.717) is 11.7 Å². The highest BCUT2D eigenvalue weighted by Crippen LogP contribution is 2.23. The van der Waals surface area contributed by atoms with E-state index in [2.05, 4.69) is 31.6 Å². The highest BCUT2D eigenvalue weighted by molar-refractivity contribution is 6.29. The summed E-state index contributed by atoms with van der Waals surface area (Å²) in [6, 6.07) is 8.00. The lowest BCUT2D eigenvalue weighted by Gasteiger charge is -2.33. The Morgan fingerprint density at radius 1 is 1.25 bits per heavy atom. The molecule has 0 amide bonds. The van der Waals surface area contributed by atoms with E-state index >= 15 is 0 Å². The van der Waals surface area contributed by atoms with Gasteiger partial charge in [0.25, 0.3) is 0 Å². The molecule has 2 aromatic rings. The van der Waals surface area contributed by atoms with Crippen molar-refractivity contribution in [1.82, 2.24) is 20.5 Å². The molecule has 3 heterocycles. The van der Waals surface area contributed by atoms with E-state index in [4.69, 9.17) is 20.8 Å². The molecule has 0 aliphatic carbocycles. The third kappa shape index (κ3) is 5.95. The van der Waals surface area contributed by atoms with Crippen molar-refractivity contribution < 1.29 is 9.15 Å². The second-order valence-corrected chi connectivity index (χ2v) is 7.12. The van der Waals surface area contributed by atoms with Gasteiger partial charge in [0, 0.05) is 39.4 Å². The molecule has 1 unspecified atom stereocenters. The van der Waals surface area contributed by atoms with Crippen LogP contribution >= 0.6 is 11.6 Å². The standard InChI is InChI=1S/C20H28ClN5O2/c1-15-3-5-18(28-15)17(26-9-11-27-12-10-26)14-25-20(22-2)23-8-7-16-4-6-19(21)24-13-16/h3-6,13,17H,7-12,14H2,1-2H3,(H2,22,23,25). The number of rotatable bonds is 7. The van der Waals surface area contributed by atoms with Gasteiger partial charge >= 0.3 is 0 Å². The summed E-state index contributed by atoms with van der Waals surface area (Å²) in [7, 11) is 1.78. The minimum atomic E-state index is 0.136. The van der Waals surface area contributed by atoms with Crippen molar-refractivity contribution in [2.75, 3.05) is 46.4 Å². The van der Waals surface area contributed by atoms with Crippen molar-refractivity contribution in [3.8, 4) is 0 Å². The zero-order valence-electron chi connectivity index (χ0n) is 16.4. The summed E-state index contributed by atoms with van der Waals surface area (Å²) in [5.41, 5.74) is 1.13. The molecule has 1 atom stereocenters. The van der Waals surface area contributed by atoms with Gasteiger partial charge in [0.2, 0.25) is 0 Å². The summed E-state index contributed by atoms with van der Waals surface area (Å²) in [4.78, 5) is 10.8. The van der Waals surface area contributed by atoms with Crippen LogP contribution in [-0.2, 0) is 11.2 Å². The summed E-state index contributed by atoms with van der Waals surface area (Å²) in [5.74, 6) is 2.66. The Hall–Kier alpha value is -2.09. The van der Waals surface area contributed by atoms with Crippen LogP contribution in [0.1, 0.15) is 23.1 Å². The number of ether oxygens (including phenoxy) is 1. The van der Waals surface area contributed by atoms with Crippen LogP contribution in [0.25, 0.3) is 0 Å². The number of aromatic nitrogens is 1. The topological polar surface area (TPSA) is 74.9 Å². The van der Waals surface area contributed by atoms with E-state index in [9.17, 15) is 0 Å². The minimum Gasteiger partial charge on any atom is -0.465 e. The molecule has 0 aromatic carbocycles. The summed E-state index contributed by atoms with van der Waals surface area (Å²) in [5, 5.41) is 7.29. The van der Waals surface area contributed by atoms with E-state index in [0.717, 1.165) is 62.3 Å².